The van der Waals surface area contributed by atoms with Crippen molar-refractivity contribution in [3.05, 3.63) is 95.6 Å². The Morgan fingerprint density at radius 1 is 0.872 bits per heavy atom. The Labute approximate surface area is 227 Å². The van der Waals surface area contributed by atoms with Crippen LogP contribution < -0.4 is 10.6 Å². The number of hydrogen-bond acceptors (Lipinski definition) is 6. The van der Waals surface area contributed by atoms with E-state index >= 15 is 0 Å². The van der Waals surface area contributed by atoms with Crippen LogP contribution in [-0.4, -0.2) is 61.6 Å². The van der Waals surface area contributed by atoms with Gasteiger partial charge in [-0.25, -0.2) is 9.59 Å². The Hall–Kier alpha value is -4.21. The van der Waals surface area contributed by atoms with Crippen LogP contribution in [0, 0.1) is 0 Å². The van der Waals surface area contributed by atoms with Crippen LogP contribution in [0.2, 0.25) is 0 Å². The second-order valence-electron chi connectivity index (χ2n) is 9.30. The largest absolute Gasteiger partial charge is 0.480 e. The second-order valence-corrected chi connectivity index (χ2v) is 9.30. The van der Waals surface area contributed by atoms with Crippen molar-refractivity contribution in [3.63, 3.8) is 0 Å². The van der Waals surface area contributed by atoms with Gasteiger partial charge in [-0.05, 0) is 34.7 Å². The molecule has 3 aromatic carbocycles. The molecule has 9 heteroatoms. The number of carbonyl (C=O) groups excluding carboxylic acids is 2. The lowest BCUT2D eigenvalue weighted by atomic mass is 9.98. The summed E-state index contributed by atoms with van der Waals surface area (Å²) in [6, 6.07) is 22.8. The summed E-state index contributed by atoms with van der Waals surface area (Å²) in [7, 11) is 1.33. The molecule has 0 aromatic heterocycles. The molecule has 1 aliphatic rings. The van der Waals surface area contributed by atoms with E-state index in [0.717, 1.165) is 27.8 Å². The number of nitrogens with one attached hydrogen (secondary N) is 2. The molecule has 0 spiro atoms. The summed E-state index contributed by atoms with van der Waals surface area (Å²) in [5.74, 6) is -2.14. The molecule has 204 valence electrons. The molecule has 0 aliphatic heterocycles. The monoisotopic (exact) mass is 532 g/mol. The molecule has 1 unspecified atom stereocenters. The van der Waals surface area contributed by atoms with Crippen molar-refractivity contribution >= 4 is 18.0 Å². The summed E-state index contributed by atoms with van der Waals surface area (Å²) in [4.78, 5) is 37.6. The number of methoxy groups -OCH3 is 1. The van der Waals surface area contributed by atoms with Crippen molar-refractivity contribution in [1.29, 1.82) is 0 Å². The Morgan fingerprint density at radius 2 is 1.46 bits per heavy atom. The van der Waals surface area contributed by atoms with E-state index in [1.165, 1.54) is 7.11 Å². The van der Waals surface area contributed by atoms with Gasteiger partial charge in [0.2, 0.25) is 5.91 Å². The first-order valence-corrected chi connectivity index (χ1v) is 12.7. The minimum atomic E-state index is -1.30. The molecule has 0 heterocycles. The molecule has 3 atom stereocenters. The lowest BCUT2D eigenvalue weighted by molar-refractivity contribution is -0.144. The third kappa shape index (κ3) is 6.81. The highest BCUT2D eigenvalue weighted by Crippen LogP contribution is 2.44. The number of aliphatic carboxylic acids is 1. The molecule has 3 aromatic rings. The highest BCUT2D eigenvalue weighted by atomic mass is 16.5. The number of ether oxygens (including phenoxy) is 3. The van der Waals surface area contributed by atoms with Gasteiger partial charge in [-0.15, -0.1) is 0 Å². The molecule has 0 saturated heterocycles. The van der Waals surface area contributed by atoms with Gasteiger partial charge in [-0.2, -0.15) is 0 Å². The highest BCUT2D eigenvalue weighted by Gasteiger charge is 2.33. The van der Waals surface area contributed by atoms with Crippen LogP contribution in [0.1, 0.15) is 29.5 Å². The zero-order valence-electron chi connectivity index (χ0n) is 21.8. The molecular weight excluding hydrogens is 500 g/mol. The first-order valence-electron chi connectivity index (χ1n) is 12.7. The van der Waals surface area contributed by atoms with Gasteiger partial charge in [0.15, 0.2) is 6.04 Å². The van der Waals surface area contributed by atoms with Crippen molar-refractivity contribution in [3.8, 4) is 11.1 Å². The average molecular weight is 533 g/mol. The molecule has 0 saturated carbocycles. The van der Waals surface area contributed by atoms with Crippen molar-refractivity contribution in [2.24, 2.45) is 0 Å². The first kappa shape index (κ1) is 27.8. The zero-order chi connectivity index (χ0) is 27.8. The van der Waals surface area contributed by atoms with Gasteiger partial charge >= 0.3 is 12.1 Å². The normalized spacial score (nSPS) is 14.4. The lowest BCUT2D eigenvalue weighted by Gasteiger charge is -2.26. The number of carboxylic acids is 1. The summed E-state index contributed by atoms with van der Waals surface area (Å²) in [5, 5.41) is 14.4. The number of carboxylic acid groups (broad SMARTS) is 1. The van der Waals surface area contributed by atoms with Gasteiger partial charge in [0.1, 0.15) is 12.6 Å². The first-order chi connectivity index (χ1) is 18.9. The quantitative estimate of drug-likeness (QED) is 0.325. The number of amides is 2. The molecule has 4 rings (SSSR count). The molecule has 39 heavy (non-hydrogen) atoms. The molecule has 9 nitrogen and oxygen atoms in total. The molecule has 2 amide bonds. The fourth-order valence-corrected chi connectivity index (χ4v) is 4.66. The summed E-state index contributed by atoms with van der Waals surface area (Å²) in [6.07, 6.45) is -1.62. The number of alkyl carbamates (subject to hydrolysis) is 1. The summed E-state index contributed by atoms with van der Waals surface area (Å²) < 4.78 is 16.4. The van der Waals surface area contributed by atoms with E-state index in [2.05, 4.69) is 10.6 Å². The topological polar surface area (TPSA) is 123 Å². The highest BCUT2D eigenvalue weighted by molar-refractivity contribution is 5.89. The van der Waals surface area contributed by atoms with Crippen LogP contribution >= 0.6 is 0 Å². The average Bonchev–Trinajstić information content (AvgIpc) is 3.27. The number of rotatable bonds is 12. The third-order valence-electron chi connectivity index (χ3n) is 6.67. The minimum absolute atomic E-state index is 0.0644. The van der Waals surface area contributed by atoms with Crippen molar-refractivity contribution < 1.29 is 33.7 Å². The van der Waals surface area contributed by atoms with Gasteiger partial charge < -0.3 is 30.0 Å². The van der Waals surface area contributed by atoms with Gasteiger partial charge in [0, 0.05) is 13.0 Å². The fourth-order valence-electron chi connectivity index (χ4n) is 4.66. The van der Waals surface area contributed by atoms with E-state index in [9.17, 15) is 19.5 Å². The lowest BCUT2D eigenvalue weighted by Crippen LogP contribution is -2.57. The summed E-state index contributed by atoms with van der Waals surface area (Å²) in [5.41, 5.74) is 5.20. The van der Waals surface area contributed by atoms with Crippen LogP contribution in [0.4, 0.5) is 4.79 Å². The van der Waals surface area contributed by atoms with Crippen LogP contribution in [-0.2, 0) is 30.4 Å². The maximum Gasteiger partial charge on any atom is 0.407 e. The smallest absolute Gasteiger partial charge is 0.407 e. The number of fused-ring (bicyclic) bond motifs is 3. The fraction of sp³-hybridized carbons (Fsp3) is 0.300. The predicted octanol–water partition coefficient (Wildman–Crippen LogP) is 3.71. The van der Waals surface area contributed by atoms with Gasteiger partial charge in [-0.3, -0.25) is 4.79 Å². The van der Waals surface area contributed by atoms with Gasteiger partial charge in [0.25, 0.3) is 0 Å². The van der Waals surface area contributed by atoms with E-state index < -0.39 is 36.2 Å². The number of hydrogen-bond donors (Lipinski definition) is 3. The SMILES string of the molecule is COCC(NC(=O)[C@H](NC(=O)OCC1c2ccccc2-c2ccccc21)[C@H](C)OCc1ccccc1)C(=O)O. The third-order valence-corrected chi connectivity index (χ3v) is 6.67. The zero-order valence-corrected chi connectivity index (χ0v) is 21.8. The molecular formula is C30H32N2O7. The Bertz CT molecular complexity index is 1250. The maximum absolute atomic E-state index is 13.1. The Kier molecular flexibility index (Phi) is 9.30. The number of carbonyl (C=O) groups is 3. The molecule has 3 N–H and O–H groups in total. The molecule has 0 bridgehead atoms. The Morgan fingerprint density at radius 3 is 2.05 bits per heavy atom. The van der Waals surface area contributed by atoms with E-state index in [4.69, 9.17) is 14.2 Å². The number of benzene rings is 3. The molecule has 0 fully saturated rings. The van der Waals surface area contributed by atoms with Crippen molar-refractivity contribution in [1.82, 2.24) is 10.6 Å². The summed E-state index contributed by atoms with van der Waals surface area (Å²) >= 11 is 0. The molecule has 0 radical (unpaired) electrons. The van der Waals surface area contributed by atoms with Crippen molar-refractivity contribution in [2.45, 2.75) is 37.6 Å². The van der Waals surface area contributed by atoms with E-state index in [0.29, 0.717) is 0 Å². The van der Waals surface area contributed by atoms with Crippen molar-refractivity contribution in [2.75, 3.05) is 20.3 Å². The van der Waals surface area contributed by atoms with Crippen LogP contribution in [0.5, 0.6) is 0 Å². The Balaban J connectivity index is 1.45. The predicted molar refractivity (Wildman–Crippen MR) is 144 cm³/mol. The standard InChI is InChI=1S/C30H32N2O7/c1-19(38-16-20-10-4-3-5-11-20)27(28(33)31-26(18-37-2)29(34)35)32-30(36)39-17-25-23-14-8-6-12-21(23)22-13-7-9-15-24(22)25/h3-15,19,25-27H,16-18H2,1-2H3,(H,31,33)(H,32,36)(H,34,35)/t19-,26?,27+/m0/s1. The van der Waals surface area contributed by atoms with Gasteiger partial charge in [-0.1, -0.05) is 78.9 Å². The van der Waals surface area contributed by atoms with Gasteiger partial charge in [0.05, 0.1) is 19.3 Å². The molecule has 1 aliphatic carbocycles. The van der Waals surface area contributed by atoms with Crippen LogP contribution in [0.3, 0.4) is 0 Å². The van der Waals surface area contributed by atoms with E-state index in [1.54, 1.807) is 6.92 Å². The van der Waals surface area contributed by atoms with E-state index in [-0.39, 0.29) is 25.7 Å². The van der Waals surface area contributed by atoms with E-state index in [1.807, 2.05) is 78.9 Å². The minimum Gasteiger partial charge on any atom is -0.480 e. The summed E-state index contributed by atoms with van der Waals surface area (Å²) in [6.45, 7) is 1.65. The second kappa shape index (κ2) is 13.0. The maximum atomic E-state index is 13.1. The van der Waals surface area contributed by atoms with Crippen LogP contribution in [0.15, 0.2) is 78.9 Å². The van der Waals surface area contributed by atoms with Crippen LogP contribution in [0.25, 0.3) is 11.1 Å².